The van der Waals surface area contributed by atoms with Crippen molar-refractivity contribution in [3.8, 4) is 5.75 Å². The van der Waals surface area contributed by atoms with Crippen LogP contribution < -0.4 is 10.1 Å². The lowest BCUT2D eigenvalue weighted by atomic mass is 10.2. The average molecular weight is 308 g/mol. The predicted octanol–water partition coefficient (Wildman–Crippen LogP) is 2.48. The summed E-state index contributed by atoms with van der Waals surface area (Å²) in [5.41, 5.74) is 0.973. The maximum absolute atomic E-state index is 11.9. The molecule has 0 aliphatic carbocycles. The molecule has 0 aromatic heterocycles. The summed E-state index contributed by atoms with van der Waals surface area (Å²) in [4.78, 5) is 23.8. The highest BCUT2D eigenvalue weighted by Gasteiger charge is 2.09. The summed E-state index contributed by atoms with van der Waals surface area (Å²) in [6.07, 6.45) is 0.580. The molecule has 0 aliphatic rings. The normalized spacial score (nSPS) is 10.4. The Kier molecular flexibility index (Phi) is 7.22. The summed E-state index contributed by atoms with van der Waals surface area (Å²) in [6, 6.07) is 7.40. The molecule has 2 amide bonds. The molecular formula is C16H24N2O4. The number of urea groups is 1. The second kappa shape index (κ2) is 8.92. The minimum atomic E-state index is -0.857. The number of benzene rings is 1. The molecule has 1 rings (SSSR count). The van der Waals surface area contributed by atoms with Gasteiger partial charge in [0.1, 0.15) is 5.75 Å². The van der Waals surface area contributed by atoms with Crippen molar-refractivity contribution >= 4 is 12.0 Å². The maximum atomic E-state index is 11.9. The monoisotopic (exact) mass is 308 g/mol. The van der Waals surface area contributed by atoms with Crippen molar-refractivity contribution in [2.24, 2.45) is 0 Å². The van der Waals surface area contributed by atoms with Crippen molar-refractivity contribution in [2.75, 3.05) is 13.6 Å². The van der Waals surface area contributed by atoms with Gasteiger partial charge in [-0.3, -0.25) is 4.79 Å². The third kappa shape index (κ3) is 6.97. The Balaban J connectivity index is 2.44. The van der Waals surface area contributed by atoms with Gasteiger partial charge in [-0.05, 0) is 38.0 Å². The van der Waals surface area contributed by atoms with Crippen LogP contribution >= 0.6 is 0 Å². The van der Waals surface area contributed by atoms with Gasteiger partial charge in [-0.25, -0.2) is 4.79 Å². The fourth-order valence-corrected chi connectivity index (χ4v) is 1.90. The number of aliphatic carboxylic acids is 1. The van der Waals surface area contributed by atoms with Gasteiger partial charge in [0, 0.05) is 26.6 Å². The van der Waals surface area contributed by atoms with Crippen LogP contribution in [0.3, 0.4) is 0 Å². The topological polar surface area (TPSA) is 78.9 Å². The smallest absolute Gasteiger partial charge is 0.317 e. The molecule has 0 radical (unpaired) electrons. The summed E-state index contributed by atoms with van der Waals surface area (Å²) >= 11 is 0. The molecule has 0 saturated heterocycles. The third-order valence-electron chi connectivity index (χ3n) is 2.88. The Labute approximate surface area is 131 Å². The first kappa shape index (κ1) is 17.8. The number of ether oxygens (including phenoxy) is 1. The van der Waals surface area contributed by atoms with E-state index < -0.39 is 5.97 Å². The van der Waals surface area contributed by atoms with Gasteiger partial charge in [-0.1, -0.05) is 12.1 Å². The molecule has 0 aliphatic heterocycles. The van der Waals surface area contributed by atoms with E-state index in [4.69, 9.17) is 9.84 Å². The van der Waals surface area contributed by atoms with E-state index in [0.29, 0.717) is 19.5 Å². The number of amides is 2. The number of carboxylic acid groups (broad SMARTS) is 1. The van der Waals surface area contributed by atoms with Crippen molar-refractivity contribution in [2.45, 2.75) is 39.3 Å². The first-order chi connectivity index (χ1) is 10.4. The zero-order valence-corrected chi connectivity index (χ0v) is 13.3. The fourth-order valence-electron chi connectivity index (χ4n) is 1.90. The first-order valence-electron chi connectivity index (χ1n) is 7.35. The van der Waals surface area contributed by atoms with Crippen LogP contribution in [0.5, 0.6) is 5.75 Å². The molecule has 0 spiro atoms. The lowest BCUT2D eigenvalue weighted by Crippen LogP contribution is -2.37. The molecule has 1 aromatic carbocycles. The van der Waals surface area contributed by atoms with Crippen molar-refractivity contribution in [1.29, 1.82) is 0 Å². The minimum Gasteiger partial charge on any atom is -0.491 e. The van der Waals surface area contributed by atoms with Crippen LogP contribution in [0.25, 0.3) is 0 Å². The Morgan fingerprint density at radius 1 is 1.36 bits per heavy atom. The van der Waals surface area contributed by atoms with Gasteiger partial charge in [0.2, 0.25) is 0 Å². The second-order valence-electron chi connectivity index (χ2n) is 5.40. The molecule has 122 valence electrons. The Hall–Kier alpha value is -2.24. The summed E-state index contributed by atoms with van der Waals surface area (Å²) < 4.78 is 5.62. The van der Waals surface area contributed by atoms with Gasteiger partial charge in [0.05, 0.1) is 6.10 Å². The van der Waals surface area contributed by atoms with E-state index in [1.165, 1.54) is 0 Å². The molecule has 0 atom stereocenters. The lowest BCUT2D eigenvalue weighted by Gasteiger charge is -2.18. The lowest BCUT2D eigenvalue weighted by molar-refractivity contribution is -0.137. The highest BCUT2D eigenvalue weighted by Crippen LogP contribution is 2.16. The summed E-state index contributed by atoms with van der Waals surface area (Å²) in [7, 11) is 1.70. The Bertz CT molecular complexity index is 503. The van der Waals surface area contributed by atoms with Gasteiger partial charge in [-0.15, -0.1) is 0 Å². The minimum absolute atomic E-state index is 0.0541. The van der Waals surface area contributed by atoms with Crippen molar-refractivity contribution in [3.05, 3.63) is 29.8 Å². The van der Waals surface area contributed by atoms with Crippen molar-refractivity contribution in [1.82, 2.24) is 10.2 Å². The highest BCUT2D eigenvalue weighted by atomic mass is 16.5. The molecule has 6 heteroatoms. The fraction of sp³-hybridized carbons (Fsp3) is 0.500. The molecule has 0 bridgehead atoms. The van der Waals surface area contributed by atoms with Crippen LogP contribution in [0.2, 0.25) is 0 Å². The number of carboxylic acids is 1. The second-order valence-corrected chi connectivity index (χ2v) is 5.40. The van der Waals surface area contributed by atoms with Crippen molar-refractivity contribution in [3.63, 3.8) is 0 Å². The van der Waals surface area contributed by atoms with Gasteiger partial charge in [0.25, 0.3) is 0 Å². The van der Waals surface area contributed by atoms with Gasteiger partial charge in [0.15, 0.2) is 0 Å². The zero-order valence-electron chi connectivity index (χ0n) is 13.3. The van der Waals surface area contributed by atoms with E-state index in [-0.39, 0.29) is 18.6 Å². The highest BCUT2D eigenvalue weighted by molar-refractivity contribution is 5.74. The first-order valence-corrected chi connectivity index (χ1v) is 7.35. The van der Waals surface area contributed by atoms with E-state index in [9.17, 15) is 9.59 Å². The van der Waals surface area contributed by atoms with Gasteiger partial charge < -0.3 is 20.1 Å². The molecule has 22 heavy (non-hydrogen) atoms. The van der Waals surface area contributed by atoms with Crippen LogP contribution in [-0.4, -0.2) is 41.7 Å². The number of rotatable bonds is 8. The van der Waals surface area contributed by atoms with Crippen LogP contribution in [0, 0.1) is 0 Å². The Morgan fingerprint density at radius 2 is 2.09 bits per heavy atom. The van der Waals surface area contributed by atoms with Crippen LogP contribution in [0.1, 0.15) is 32.3 Å². The summed E-state index contributed by atoms with van der Waals surface area (Å²) in [6.45, 7) is 4.73. The summed E-state index contributed by atoms with van der Waals surface area (Å²) in [5.74, 6) is -0.0765. The molecule has 6 nitrogen and oxygen atoms in total. The number of hydrogen-bond donors (Lipinski definition) is 2. The number of carbonyl (C=O) groups excluding carboxylic acids is 1. The van der Waals surface area contributed by atoms with E-state index >= 15 is 0 Å². The molecule has 1 aromatic rings. The largest absolute Gasteiger partial charge is 0.491 e. The summed E-state index contributed by atoms with van der Waals surface area (Å²) in [5, 5.41) is 11.2. The molecule has 0 heterocycles. The predicted molar refractivity (Wildman–Crippen MR) is 83.9 cm³/mol. The molecule has 2 N–H and O–H groups in total. The number of nitrogens with zero attached hydrogens (tertiary/aromatic N) is 1. The number of hydrogen-bond acceptors (Lipinski definition) is 3. The van der Waals surface area contributed by atoms with Crippen LogP contribution in [0.15, 0.2) is 24.3 Å². The van der Waals surface area contributed by atoms with Crippen molar-refractivity contribution < 1.29 is 19.4 Å². The van der Waals surface area contributed by atoms with E-state index in [1.807, 2.05) is 38.1 Å². The van der Waals surface area contributed by atoms with E-state index in [2.05, 4.69) is 5.32 Å². The average Bonchev–Trinajstić information content (AvgIpc) is 2.42. The van der Waals surface area contributed by atoms with Crippen LogP contribution in [0.4, 0.5) is 4.79 Å². The van der Waals surface area contributed by atoms with Gasteiger partial charge >= 0.3 is 12.0 Å². The molecule has 0 unspecified atom stereocenters. The van der Waals surface area contributed by atoms with Crippen LogP contribution in [-0.2, 0) is 11.3 Å². The standard InChI is InChI=1S/C16H24N2O4/c1-12(2)22-14-7-4-6-13(10-14)11-18(3)16(21)17-9-5-8-15(19)20/h4,6-7,10,12H,5,8-9,11H2,1-3H3,(H,17,21)(H,19,20). The molecular weight excluding hydrogens is 284 g/mol. The quantitative estimate of drug-likeness (QED) is 0.723. The van der Waals surface area contributed by atoms with Gasteiger partial charge in [-0.2, -0.15) is 0 Å². The number of nitrogens with one attached hydrogen (secondary N) is 1. The molecule has 0 fully saturated rings. The molecule has 0 saturated carbocycles. The number of carbonyl (C=O) groups is 2. The zero-order chi connectivity index (χ0) is 16.5. The van der Waals surface area contributed by atoms with E-state index in [0.717, 1.165) is 11.3 Å². The Morgan fingerprint density at radius 3 is 2.73 bits per heavy atom. The maximum Gasteiger partial charge on any atom is 0.317 e. The van der Waals surface area contributed by atoms with E-state index in [1.54, 1.807) is 11.9 Å². The SMILES string of the molecule is CC(C)Oc1cccc(CN(C)C(=O)NCCCC(=O)O)c1. The third-order valence-corrected chi connectivity index (χ3v) is 2.88.